The molecule has 1 atom stereocenters. The van der Waals surface area contributed by atoms with Crippen LogP contribution in [0.1, 0.15) is 44.6 Å². The molecule has 0 aromatic heterocycles. The van der Waals surface area contributed by atoms with Gasteiger partial charge in [0, 0.05) is 3.58 Å². The predicted molar refractivity (Wildman–Crippen MR) is 108 cm³/mol. The Balaban J connectivity index is 2.35. The van der Waals surface area contributed by atoms with Gasteiger partial charge in [-0.15, -0.1) is 13.2 Å². The summed E-state index contributed by atoms with van der Waals surface area (Å²) in [6.07, 6.45) is 10.3. The molecule has 0 saturated heterocycles. The van der Waals surface area contributed by atoms with Crippen LogP contribution in [0.5, 0.6) is 0 Å². The smallest absolute Gasteiger partial charge is 0.0982 e. The van der Waals surface area contributed by atoms with Gasteiger partial charge in [-0.05, 0) is 59.4 Å². The van der Waals surface area contributed by atoms with Gasteiger partial charge in [0.15, 0.2) is 0 Å². The van der Waals surface area contributed by atoms with Gasteiger partial charge in [-0.25, -0.2) is 0 Å². The zero-order valence-corrected chi connectivity index (χ0v) is 16.2. The van der Waals surface area contributed by atoms with Crippen LogP contribution < -0.4 is 0 Å². The van der Waals surface area contributed by atoms with Crippen molar-refractivity contribution in [2.24, 2.45) is 0 Å². The summed E-state index contributed by atoms with van der Waals surface area (Å²) in [5.41, 5.74) is 2.51. The molecular weight excluding hydrogens is 395 g/mol. The van der Waals surface area contributed by atoms with Crippen LogP contribution in [0.3, 0.4) is 0 Å². The summed E-state index contributed by atoms with van der Waals surface area (Å²) in [6.45, 7) is 10.2. The van der Waals surface area contributed by atoms with Crippen molar-refractivity contribution in [2.45, 2.75) is 57.2 Å². The molecule has 2 rings (SSSR count). The Bertz CT molecular complexity index is 548. The monoisotopic (exact) mass is 422 g/mol. The van der Waals surface area contributed by atoms with E-state index < -0.39 is 0 Å². The molecule has 0 bridgehead atoms. The molecule has 0 spiro atoms. The van der Waals surface area contributed by atoms with E-state index in [1.165, 1.54) is 27.6 Å². The molecule has 0 fully saturated rings. The lowest BCUT2D eigenvalue weighted by molar-refractivity contribution is -0.0302. The predicted octanol–water partition coefficient (Wildman–Crippen LogP) is 6.40. The van der Waals surface area contributed by atoms with Gasteiger partial charge in [-0.2, -0.15) is 0 Å². The van der Waals surface area contributed by atoms with E-state index in [4.69, 9.17) is 4.74 Å². The first-order valence-corrected chi connectivity index (χ1v) is 9.57. The highest BCUT2D eigenvalue weighted by atomic mass is 127. The highest BCUT2D eigenvalue weighted by Gasteiger charge is 2.43. The summed E-state index contributed by atoms with van der Waals surface area (Å²) in [6, 6.07) is 10.7. The van der Waals surface area contributed by atoms with E-state index in [1.54, 1.807) is 0 Å². The lowest BCUT2D eigenvalue weighted by Crippen LogP contribution is -2.32. The van der Waals surface area contributed by atoms with E-state index in [0.29, 0.717) is 0 Å². The number of unbranched alkanes of at least 4 members (excludes halogenated alkanes) is 1. The van der Waals surface area contributed by atoms with E-state index in [0.717, 1.165) is 25.7 Å². The van der Waals surface area contributed by atoms with Crippen molar-refractivity contribution in [3.8, 4) is 0 Å². The van der Waals surface area contributed by atoms with Gasteiger partial charge < -0.3 is 4.74 Å². The second-order valence-electron chi connectivity index (χ2n) is 6.22. The van der Waals surface area contributed by atoms with E-state index in [2.05, 4.69) is 73.0 Å². The highest BCUT2D eigenvalue weighted by molar-refractivity contribution is 14.1. The third kappa shape index (κ3) is 4.36. The number of ether oxygens (including phenoxy) is 1. The van der Waals surface area contributed by atoms with Gasteiger partial charge in [-0.1, -0.05) is 62.2 Å². The first-order chi connectivity index (χ1) is 11.2. The number of halogens is 1. The first-order valence-electron chi connectivity index (χ1n) is 8.49. The molecule has 0 saturated carbocycles. The molecule has 2 heteroatoms. The summed E-state index contributed by atoms with van der Waals surface area (Å²) in [5.74, 6) is 0. The fourth-order valence-electron chi connectivity index (χ4n) is 3.32. The summed E-state index contributed by atoms with van der Waals surface area (Å²) in [5, 5.41) is 0. The number of hydrogen-bond acceptors (Lipinski definition) is 1. The maximum Gasteiger partial charge on any atom is 0.0982 e. The van der Waals surface area contributed by atoms with Gasteiger partial charge >= 0.3 is 0 Å². The molecule has 1 heterocycles. The third-order valence-corrected chi connectivity index (χ3v) is 5.83. The summed E-state index contributed by atoms with van der Waals surface area (Å²) < 4.78 is 8.00. The fraction of sp³-hybridized carbons (Fsp3) is 0.429. The van der Waals surface area contributed by atoms with Crippen LogP contribution in [-0.4, -0.2) is 11.7 Å². The molecule has 23 heavy (non-hydrogen) atoms. The molecule has 124 valence electrons. The minimum absolute atomic E-state index is 0.231. The van der Waals surface area contributed by atoms with E-state index >= 15 is 0 Å². The molecule has 1 unspecified atom stereocenters. The summed E-state index contributed by atoms with van der Waals surface area (Å²) in [4.78, 5) is 0. The van der Waals surface area contributed by atoms with Crippen LogP contribution in [0.25, 0.3) is 0 Å². The Morgan fingerprint density at radius 1 is 1.17 bits per heavy atom. The van der Waals surface area contributed by atoms with E-state index in [9.17, 15) is 0 Å². The Morgan fingerprint density at radius 2 is 1.83 bits per heavy atom. The molecular formula is C21H27IO. The van der Waals surface area contributed by atoms with Crippen molar-refractivity contribution in [3.05, 3.63) is 70.4 Å². The van der Waals surface area contributed by atoms with Crippen LogP contribution in [0.15, 0.2) is 64.8 Å². The molecule has 1 aliphatic heterocycles. The lowest BCUT2D eigenvalue weighted by atomic mass is 9.84. The van der Waals surface area contributed by atoms with Gasteiger partial charge in [0.1, 0.15) is 0 Å². The topological polar surface area (TPSA) is 9.23 Å². The molecule has 1 nitrogen and oxygen atoms in total. The fourth-order valence-corrected chi connectivity index (χ4v) is 4.44. The average Bonchev–Trinajstić information content (AvgIpc) is 2.80. The van der Waals surface area contributed by atoms with Gasteiger partial charge in [0.2, 0.25) is 0 Å². The van der Waals surface area contributed by atoms with Crippen molar-refractivity contribution in [3.63, 3.8) is 0 Å². The number of rotatable bonds is 9. The van der Waals surface area contributed by atoms with E-state index in [1.807, 2.05) is 12.2 Å². The van der Waals surface area contributed by atoms with Crippen LogP contribution in [0.2, 0.25) is 0 Å². The Morgan fingerprint density at radius 3 is 2.39 bits per heavy atom. The standard InChI is InChI=1S/C21H27IO/c1-4-7-13-19-20(22)18(16-17-11-9-8-10-12-17)21(23-19,14-5-2)15-6-3/h5-6,8-12,19H,2-4,7,13-16H2,1H3. The lowest BCUT2D eigenvalue weighted by Gasteiger charge is -2.31. The zero-order chi connectivity index (χ0) is 16.7. The highest BCUT2D eigenvalue weighted by Crippen LogP contribution is 2.46. The zero-order valence-electron chi connectivity index (χ0n) is 14.1. The van der Waals surface area contributed by atoms with Crippen molar-refractivity contribution in [1.29, 1.82) is 0 Å². The Labute approximate surface area is 154 Å². The van der Waals surface area contributed by atoms with Crippen LogP contribution in [0.4, 0.5) is 0 Å². The molecule has 1 aliphatic rings. The SMILES string of the molecule is C=CCC1(CC=C)OC(CCCC)C(I)=C1Cc1ccccc1. The maximum absolute atomic E-state index is 6.60. The third-order valence-electron chi connectivity index (χ3n) is 4.48. The van der Waals surface area contributed by atoms with Gasteiger partial charge in [0.05, 0.1) is 11.7 Å². The van der Waals surface area contributed by atoms with Crippen molar-refractivity contribution < 1.29 is 4.74 Å². The molecule has 1 aromatic carbocycles. The van der Waals surface area contributed by atoms with Crippen LogP contribution in [-0.2, 0) is 11.2 Å². The molecule has 0 aliphatic carbocycles. The quantitative estimate of drug-likeness (QED) is 0.331. The van der Waals surface area contributed by atoms with Crippen LogP contribution >= 0.6 is 22.6 Å². The van der Waals surface area contributed by atoms with Gasteiger partial charge in [-0.3, -0.25) is 0 Å². The molecule has 1 aromatic rings. The summed E-state index contributed by atoms with van der Waals surface area (Å²) in [7, 11) is 0. The largest absolute Gasteiger partial charge is 0.362 e. The summed E-state index contributed by atoms with van der Waals surface area (Å²) >= 11 is 2.51. The van der Waals surface area contributed by atoms with E-state index in [-0.39, 0.29) is 11.7 Å². The number of hydrogen-bond donors (Lipinski definition) is 0. The Kier molecular flexibility index (Phi) is 7.09. The molecule has 0 radical (unpaired) electrons. The first kappa shape index (κ1) is 18.5. The maximum atomic E-state index is 6.60. The second-order valence-corrected chi connectivity index (χ2v) is 7.38. The van der Waals surface area contributed by atoms with Crippen molar-refractivity contribution in [1.82, 2.24) is 0 Å². The molecule has 0 amide bonds. The normalized spacial score (nSPS) is 19.8. The van der Waals surface area contributed by atoms with Crippen molar-refractivity contribution in [2.75, 3.05) is 0 Å². The van der Waals surface area contributed by atoms with Gasteiger partial charge in [0.25, 0.3) is 0 Å². The minimum atomic E-state index is -0.256. The average molecular weight is 422 g/mol. The van der Waals surface area contributed by atoms with Crippen LogP contribution in [0, 0.1) is 0 Å². The van der Waals surface area contributed by atoms with Crippen molar-refractivity contribution >= 4 is 22.6 Å². The molecule has 0 N–H and O–H groups in total. The number of benzene rings is 1. The minimum Gasteiger partial charge on any atom is -0.362 e. The second kappa shape index (κ2) is 8.84. The Hall–Kier alpha value is -0.870.